The summed E-state index contributed by atoms with van der Waals surface area (Å²) in [7, 11) is 0. The second-order valence-electron chi connectivity index (χ2n) is 5.48. The van der Waals surface area contributed by atoms with E-state index in [1.807, 2.05) is 6.92 Å². The maximum absolute atomic E-state index is 12.0. The average molecular weight is 256 g/mol. The smallest absolute Gasteiger partial charge is 0.326 e. The second kappa shape index (κ2) is 6.61. The van der Waals surface area contributed by atoms with E-state index in [-0.39, 0.29) is 6.03 Å². The molecule has 0 aliphatic carbocycles. The molecule has 1 heterocycles. The summed E-state index contributed by atoms with van der Waals surface area (Å²) in [5.74, 6) is 0.00575. The van der Waals surface area contributed by atoms with Crippen molar-refractivity contribution in [1.29, 1.82) is 0 Å². The van der Waals surface area contributed by atoms with E-state index in [1.54, 1.807) is 4.90 Å². The number of amides is 2. The molecule has 1 aliphatic rings. The summed E-state index contributed by atoms with van der Waals surface area (Å²) in [5.41, 5.74) is 0. The van der Waals surface area contributed by atoms with E-state index in [0.29, 0.717) is 31.3 Å². The number of carboxylic acids is 1. The highest BCUT2D eigenvalue weighted by molar-refractivity contribution is 5.82. The highest BCUT2D eigenvalue weighted by Gasteiger charge is 2.28. The molecule has 5 nitrogen and oxygen atoms in total. The number of likely N-dealkylation sites (tertiary alicyclic amines) is 1. The Morgan fingerprint density at radius 2 is 1.89 bits per heavy atom. The van der Waals surface area contributed by atoms with Gasteiger partial charge in [0, 0.05) is 13.1 Å². The molecule has 0 bridgehead atoms. The van der Waals surface area contributed by atoms with Gasteiger partial charge in [0.1, 0.15) is 6.04 Å². The lowest BCUT2D eigenvalue weighted by atomic mass is 9.92. The fourth-order valence-electron chi connectivity index (χ4n) is 2.62. The normalized spacial score (nSPS) is 25.6. The van der Waals surface area contributed by atoms with Crippen molar-refractivity contribution in [3.63, 3.8) is 0 Å². The Kier molecular flexibility index (Phi) is 5.44. The van der Waals surface area contributed by atoms with Gasteiger partial charge in [0.05, 0.1) is 0 Å². The summed E-state index contributed by atoms with van der Waals surface area (Å²) in [6.07, 6.45) is 2.34. The van der Waals surface area contributed by atoms with Crippen molar-refractivity contribution >= 4 is 12.0 Å². The first-order chi connectivity index (χ1) is 8.43. The van der Waals surface area contributed by atoms with E-state index < -0.39 is 12.0 Å². The molecule has 1 aliphatic heterocycles. The quantitative estimate of drug-likeness (QED) is 0.807. The molecule has 1 rings (SSSR count). The predicted octanol–water partition coefficient (Wildman–Crippen LogP) is 1.93. The topological polar surface area (TPSA) is 69.6 Å². The van der Waals surface area contributed by atoms with Crippen molar-refractivity contribution in [2.75, 3.05) is 13.1 Å². The number of aliphatic carboxylic acids is 1. The molecular weight excluding hydrogens is 232 g/mol. The molecular formula is C13H24N2O3. The molecule has 0 spiro atoms. The largest absolute Gasteiger partial charge is 0.480 e. The zero-order valence-corrected chi connectivity index (χ0v) is 11.5. The Morgan fingerprint density at radius 1 is 1.33 bits per heavy atom. The maximum Gasteiger partial charge on any atom is 0.326 e. The molecule has 0 aromatic rings. The third kappa shape index (κ3) is 4.20. The lowest BCUT2D eigenvalue weighted by molar-refractivity contribution is -0.139. The molecule has 0 saturated carbocycles. The van der Waals surface area contributed by atoms with E-state index in [2.05, 4.69) is 19.2 Å². The molecule has 3 unspecified atom stereocenters. The zero-order valence-electron chi connectivity index (χ0n) is 11.5. The van der Waals surface area contributed by atoms with E-state index >= 15 is 0 Å². The number of urea groups is 1. The van der Waals surface area contributed by atoms with Crippen LogP contribution in [-0.2, 0) is 4.79 Å². The van der Waals surface area contributed by atoms with Gasteiger partial charge in [-0.2, -0.15) is 0 Å². The van der Waals surface area contributed by atoms with E-state index in [1.165, 1.54) is 0 Å². The van der Waals surface area contributed by atoms with Crippen LogP contribution in [-0.4, -0.2) is 41.1 Å². The summed E-state index contributed by atoms with van der Waals surface area (Å²) in [6, 6.07) is -1.01. The Balaban J connectivity index is 2.55. The van der Waals surface area contributed by atoms with Gasteiger partial charge in [-0.25, -0.2) is 9.59 Å². The van der Waals surface area contributed by atoms with Crippen molar-refractivity contribution in [3.05, 3.63) is 0 Å². The van der Waals surface area contributed by atoms with Gasteiger partial charge in [0.25, 0.3) is 0 Å². The van der Waals surface area contributed by atoms with Crippen LogP contribution >= 0.6 is 0 Å². The Hall–Kier alpha value is -1.26. The van der Waals surface area contributed by atoms with Gasteiger partial charge >= 0.3 is 12.0 Å². The number of carboxylic acid groups (broad SMARTS) is 1. The Labute approximate surface area is 109 Å². The van der Waals surface area contributed by atoms with Crippen LogP contribution in [0.2, 0.25) is 0 Å². The Bertz CT molecular complexity index is 297. The first-order valence-electron chi connectivity index (χ1n) is 6.72. The summed E-state index contributed by atoms with van der Waals surface area (Å²) in [6.45, 7) is 7.59. The van der Waals surface area contributed by atoms with E-state index in [0.717, 1.165) is 12.8 Å². The number of carbonyl (C=O) groups is 2. The standard InChI is InChI=1S/C13H24N2O3/c1-4-5-11(12(16)17)14-13(18)15-7-9(2)6-10(3)8-15/h9-11H,4-8H2,1-3H3,(H,14,18)(H,16,17). The molecule has 5 heteroatoms. The lowest BCUT2D eigenvalue weighted by Crippen LogP contribution is -2.51. The second-order valence-corrected chi connectivity index (χ2v) is 5.48. The summed E-state index contributed by atoms with van der Waals surface area (Å²) >= 11 is 0. The highest BCUT2D eigenvalue weighted by atomic mass is 16.4. The van der Waals surface area contributed by atoms with Crippen LogP contribution in [0.4, 0.5) is 4.79 Å². The van der Waals surface area contributed by atoms with E-state index in [9.17, 15) is 9.59 Å². The molecule has 0 aromatic heterocycles. The number of rotatable bonds is 4. The fraction of sp³-hybridized carbons (Fsp3) is 0.846. The van der Waals surface area contributed by atoms with Gasteiger partial charge in [-0.3, -0.25) is 0 Å². The summed E-state index contributed by atoms with van der Waals surface area (Å²) in [4.78, 5) is 24.8. The van der Waals surface area contributed by atoms with Crippen LogP contribution < -0.4 is 5.32 Å². The molecule has 1 fully saturated rings. The number of hydrogen-bond donors (Lipinski definition) is 2. The summed E-state index contributed by atoms with van der Waals surface area (Å²) in [5, 5.41) is 11.6. The number of carbonyl (C=O) groups excluding carboxylic acids is 1. The van der Waals surface area contributed by atoms with Gasteiger partial charge in [0.2, 0.25) is 0 Å². The lowest BCUT2D eigenvalue weighted by Gasteiger charge is -2.35. The first kappa shape index (κ1) is 14.8. The predicted molar refractivity (Wildman–Crippen MR) is 69.4 cm³/mol. The molecule has 3 atom stereocenters. The third-order valence-corrected chi connectivity index (χ3v) is 3.33. The minimum absolute atomic E-state index is 0.241. The Morgan fingerprint density at radius 3 is 2.33 bits per heavy atom. The van der Waals surface area contributed by atoms with Crippen LogP contribution in [0.3, 0.4) is 0 Å². The molecule has 18 heavy (non-hydrogen) atoms. The average Bonchev–Trinajstić information content (AvgIpc) is 2.26. The van der Waals surface area contributed by atoms with Gasteiger partial charge < -0.3 is 15.3 Å². The fourth-order valence-corrected chi connectivity index (χ4v) is 2.62. The van der Waals surface area contributed by atoms with Crippen LogP contribution in [0.1, 0.15) is 40.0 Å². The monoisotopic (exact) mass is 256 g/mol. The molecule has 0 radical (unpaired) electrons. The first-order valence-corrected chi connectivity index (χ1v) is 6.72. The van der Waals surface area contributed by atoms with Crippen LogP contribution in [0.15, 0.2) is 0 Å². The molecule has 1 saturated heterocycles. The third-order valence-electron chi connectivity index (χ3n) is 3.33. The van der Waals surface area contributed by atoms with Crippen molar-refractivity contribution in [2.45, 2.75) is 46.1 Å². The molecule has 104 valence electrons. The minimum atomic E-state index is -0.955. The van der Waals surface area contributed by atoms with Crippen LogP contribution in [0.25, 0.3) is 0 Å². The number of nitrogens with zero attached hydrogens (tertiary/aromatic N) is 1. The van der Waals surface area contributed by atoms with Crippen molar-refractivity contribution in [1.82, 2.24) is 10.2 Å². The number of nitrogens with one attached hydrogen (secondary N) is 1. The van der Waals surface area contributed by atoms with Crippen molar-refractivity contribution in [2.24, 2.45) is 11.8 Å². The van der Waals surface area contributed by atoms with E-state index in [4.69, 9.17) is 5.11 Å². The highest BCUT2D eigenvalue weighted by Crippen LogP contribution is 2.20. The van der Waals surface area contributed by atoms with Gasteiger partial charge in [0.15, 0.2) is 0 Å². The zero-order chi connectivity index (χ0) is 13.7. The van der Waals surface area contributed by atoms with Gasteiger partial charge in [-0.05, 0) is 24.7 Å². The molecule has 0 aromatic carbocycles. The number of piperidine rings is 1. The summed E-state index contributed by atoms with van der Waals surface area (Å²) < 4.78 is 0. The maximum atomic E-state index is 12.0. The number of hydrogen-bond acceptors (Lipinski definition) is 2. The van der Waals surface area contributed by atoms with Gasteiger partial charge in [-0.1, -0.05) is 27.2 Å². The minimum Gasteiger partial charge on any atom is -0.480 e. The SMILES string of the molecule is CCCC(NC(=O)N1CC(C)CC(C)C1)C(=O)O. The van der Waals surface area contributed by atoms with Crippen molar-refractivity contribution in [3.8, 4) is 0 Å². The van der Waals surface area contributed by atoms with Crippen LogP contribution in [0.5, 0.6) is 0 Å². The molecule has 2 N–H and O–H groups in total. The van der Waals surface area contributed by atoms with Gasteiger partial charge in [-0.15, -0.1) is 0 Å². The van der Waals surface area contributed by atoms with Crippen LogP contribution in [0, 0.1) is 11.8 Å². The van der Waals surface area contributed by atoms with Crippen molar-refractivity contribution < 1.29 is 14.7 Å². The molecule has 2 amide bonds.